The van der Waals surface area contributed by atoms with Gasteiger partial charge in [0.05, 0.1) is 22.7 Å². The minimum absolute atomic E-state index is 0.00439. The van der Waals surface area contributed by atoms with Gasteiger partial charge in [-0.2, -0.15) is 0 Å². The van der Waals surface area contributed by atoms with Gasteiger partial charge in [0, 0.05) is 24.0 Å². The lowest BCUT2D eigenvalue weighted by Crippen LogP contribution is -2.05. The van der Waals surface area contributed by atoms with Gasteiger partial charge in [0.25, 0.3) is 5.69 Å². The van der Waals surface area contributed by atoms with Crippen molar-refractivity contribution < 1.29 is 14.8 Å². The van der Waals surface area contributed by atoms with E-state index in [0.717, 1.165) is 5.56 Å². The molecule has 1 aromatic heterocycles. The van der Waals surface area contributed by atoms with E-state index in [1.54, 1.807) is 13.0 Å². The number of carboxylic acids is 1. The van der Waals surface area contributed by atoms with E-state index in [0.29, 0.717) is 11.4 Å². The van der Waals surface area contributed by atoms with Crippen LogP contribution in [-0.4, -0.2) is 21.0 Å². The Labute approximate surface area is 120 Å². The summed E-state index contributed by atoms with van der Waals surface area (Å²) in [5, 5.41) is 22.7. The first-order valence-corrected chi connectivity index (χ1v) is 6.14. The van der Waals surface area contributed by atoms with Crippen molar-refractivity contribution in [3.8, 4) is 0 Å². The van der Waals surface area contributed by atoms with Crippen LogP contribution in [0.3, 0.4) is 0 Å². The predicted octanol–water partition coefficient (Wildman–Crippen LogP) is 2.61. The first-order valence-electron chi connectivity index (χ1n) is 6.14. The van der Waals surface area contributed by atoms with Crippen molar-refractivity contribution in [3.05, 3.63) is 63.5 Å². The highest BCUT2D eigenvalue weighted by Crippen LogP contribution is 2.20. The Morgan fingerprint density at radius 2 is 2.14 bits per heavy atom. The number of carboxylic acid groups (broad SMARTS) is 1. The molecule has 0 saturated heterocycles. The molecular weight excluding hydrogens is 274 g/mol. The fourth-order valence-electron chi connectivity index (χ4n) is 1.87. The third-order valence-corrected chi connectivity index (χ3v) is 2.81. The number of aromatic carboxylic acids is 1. The summed E-state index contributed by atoms with van der Waals surface area (Å²) in [7, 11) is 0. The van der Waals surface area contributed by atoms with Crippen LogP contribution in [0.4, 0.5) is 11.4 Å². The second kappa shape index (κ2) is 6.00. The number of nitro benzene ring substituents is 1. The van der Waals surface area contributed by atoms with E-state index in [4.69, 9.17) is 5.11 Å². The summed E-state index contributed by atoms with van der Waals surface area (Å²) >= 11 is 0. The first-order chi connectivity index (χ1) is 9.95. The Kier molecular flexibility index (Phi) is 4.13. The van der Waals surface area contributed by atoms with Gasteiger partial charge in [-0.15, -0.1) is 0 Å². The number of non-ortho nitro benzene ring substituents is 1. The van der Waals surface area contributed by atoms with Gasteiger partial charge in [-0.25, -0.2) is 4.79 Å². The molecule has 0 amide bonds. The molecule has 0 spiro atoms. The van der Waals surface area contributed by atoms with Gasteiger partial charge in [0.1, 0.15) is 0 Å². The highest BCUT2D eigenvalue weighted by Gasteiger charge is 2.08. The molecule has 0 radical (unpaired) electrons. The van der Waals surface area contributed by atoms with E-state index < -0.39 is 10.9 Å². The van der Waals surface area contributed by atoms with Crippen LogP contribution in [0.2, 0.25) is 0 Å². The zero-order chi connectivity index (χ0) is 15.4. The molecule has 7 nitrogen and oxygen atoms in total. The lowest BCUT2D eigenvalue weighted by molar-refractivity contribution is -0.384. The number of hydrogen-bond donors (Lipinski definition) is 2. The number of aryl methyl sites for hydroxylation is 1. The summed E-state index contributed by atoms with van der Waals surface area (Å²) in [5.41, 5.74) is 2.05. The zero-order valence-electron chi connectivity index (χ0n) is 11.2. The molecule has 21 heavy (non-hydrogen) atoms. The maximum atomic E-state index is 10.9. The SMILES string of the molecule is Cc1cc(NCc2cc(C(=O)O)ccn2)cc([N+](=O)[O-])c1. The van der Waals surface area contributed by atoms with Crippen LogP contribution in [0.1, 0.15) is 21.6 Å². The Morgan fingerprint density at radius 3 is 2.81 bits per heavy atom. The average molecular weight is 287 g/mol. The molecule has 0 saturated carbocycles. The van der Waals surface area contributed by atoms with Gasteiger partial charge < -0.3 is 10.4 Å². The van der Waals surface area contributed by atoms with E-state index in [9.17, 15) is 14.9 Å². The monoisotopic (exact) mass is 287 g/mol. The maximum absolute atomic E-state index is 10.9. The lowest BCUT2D eigenvalue weighted by Gasteiger charge is -2.07. The molecule has 0 bridgehead atoms. The average Bonchev–Trinajstić information content (AvgIpc) is 2.45. The van der Waals surface area contributed by atoms with Crippen LogP contribution in [0, 0.1) is 17.0 Å². The minimum atomic E-state index is -1.02. The van der Waals surface area contributed by atoms with E-state index in [1.165, 1.54) is 30.5 Å². The Hall–Kier alpha value is -2.96. The minimum Gasteiger partial charge on any atom is -0.478 e. The number of benzene rings is 1. The van der Waals surface area contributed by atoms with Gasteiger partial charge in [-0.3, -0.25) is 15.1 Å². The number of anilines is 1. The van der Waals surface area contributed by atoms with E-state index in [2.05, 4.69) is 10.3 Å². The van der Waals surface area contributed by atoms with Crippen molar-refractivity contribution in [1.29, 1.82) is 0 Å². The lowest BCUT2D eigenvalue weighted by atomic mass is 10.2. The largest absolute Gasteiger partial charge is 0.478 e. The fourth-order valence-corrected chi connectivity index (χ4v) is 1.87. The molecule has 0 aliphatic rings. The highest BCUT2D eigenvalue weighted by molar-refractivity contribution is 5.87. The Morgan fingerprint density at radius 1 is 1.38 bits per heavy atom. The maximum Gasteiger partial charge on any atom is 0.335 e. The second-order valence-electron chi connectivity index (χ2n) is 4.51. The predicted molar refractivity (Wildman–Crippen MR) is 76.4 cm³/mol. The number of carbonyl (C=O) groups is 1. The van der Waals surface area contributed by atoms with Crippen molar-refractivity contribution in [2.75, 3.05) is 5.32 Å². The van der Waals surface area contributed by atoms with E-state index in [-0.39, 0.29) is 17.8 Å². The van der Waals surface area contributed by atoms with Crippen molar-refractivity contribution in [3.63, 3.8) is 0 Å². The third kappa shape index (κ3) is 3.75. The van der Waals surface area contributed by atoms with Gasteiger partial charge in [0.2, 0.25) is 0 Å². The number of aromatic nitrogens is 1. The molecule has 2 rings (SSSR count). The molecule has 0 atom stereocenters. The second-order valence-corrected chi connectivity index (χ2v) is 4.51. The van der Waals surface area contributed by atoms with Crippen LogP contribution in [0.5, 0.6) is 0 Å². The van der Waals surface area contributed by atoms with Crippen LogP contribution >= 0.6 is 0 Å². The number of hydrogen-bond acceptors (Lipinski definition) is 5. The summed E-state index contributed by atoms with van der Waals surface area (Å²) in [6.07, 6.45) is 1.42. The van der Waals surface area contributed by atoms with Crippen LogP contribution in [-0.2, 0) is 6.54 Å². The summed E-state index contributed by atoms with van der Waals surface area (Å²) < 4.78 is 0. The van der Waals surface area contributed by atoms with Crippen molar-refractivity contribution in [1.82, 2.24) is 4.98 Å². The Bertz CT molecular complexity index is 700. The number of rotatable bonds is 5. The topological polar surface area (TPSA) is 105 Å². The molecule has 2 N–H and O–H groups in total. The summed E-state index contributed by atoms with van der Waals surface area (Å²) in [4.78, 5) is 25.3. The third-order valence-electron chi connectivity index (χ3n) is 2.81. The van der Waals surface area contributed by atoms with E-state index in [1.807, 2.05) is 0 Å². The fraction of sp³-hybridized carbons (Fsp3) is 0.143. The van der Waals surface area contributed by atoms with Crippen LogP contribution in [0.25, 0.3) is 0 Å². The van der Waals surface area contributed by atoms with Crippen molar-refractivity contribution in [2.45, 2.75) is 13.5 Å². The number of nitro groups is 1. The first kappa shape index (κ1) is 14.4. The quantitative estimate of drug-likeness (QED) is 0.646. The highest BCUT2D eigenvalue weighted by atomic mass is 16.6. The molecule has 0 fully saturated rings. The zero-order valence-corrected chi connectivity index (χ0v) is 11.2. The number of nitrogens with one attached hydrogen (secondary N) is 1. The number of pyridine rings is 1. The van der Waals surface area contributed by atoms with Crippen LogP contribution in [0.15, 0.2) is 36.5 Å². The van der Waals surface area contributed by atoms with Gasteiger partial charge in [-0.1, -0.05) is 0 Å². The van der Waals surface area contributed by atoms with Crippen molar-refractivity contribution in [2.24, 2.45) is 0 Å². The Balaban J connectivity index is 2.14. The van der Waals surface area contributed by atoms with Crippen molar-refractivity contribution >= 4 is 17.3 Å². The molecule has 2 aromatic rings. The molecule has 0 aliphatic heterocycles. The van der Waals surface area contributed by atoms with Crippen LogP contribution < -0.4 is 5.32 Å². The molecule has 1 aromatic carbocycles. The normalized spacial score (nSPS) is 10.1. The summed E-state index contributed by atoms with van der Waals surface area (Å²) in [6, 6.07) is 7.54. The standard InChI is InChI=1S/C14H13N3O4/c1-9-4-11(7-13(5-9)17(20)21)16-8-12-6-10(14(18)19)2-3-15-12/h2-7,16H,8H2,1H3,(H,18,19). The molecule has 0 unspecified atom stereocenters. The smallest absolute Gasteiger partial charge is 0.335 e. The number of nitrogens with zero attached hydrogens (tertiary/aromatic N) is 2. The summed E-state index contributed by atoms with van der Waals surface area (Å²) in [6.45, 7) is 2.04. The van der Waals surface area contributed by atoms with Gasteiger partial charge >= 0.3 is 5.97 Å². The molecule has 0 aliphatic carbocycles. The molecule has 108 valence electrons. The van der Waals surface area contributed by atoms with Gasteiger partial charge in [0.15, 0.2) is 0 Å². The molecular formula is C14H13N3O4. The summed E-state index contributed by atoms with van der Waals surface area (Å²) in [5.74, 6) is -1.02. The van der Waals surface area contributed by atoms with E-state index >= 15 is 0 Å². The molecule has 1 heterocycles. The molecule has 7 heteroatoms. The van der Waals surface area contributed by atoms with Gasteiger partial charge in [-0.05, 0) is 30.7 Å².